The van der Waals surface area contributed by atoms with Crippen LogP contribution in [-0.4, -0.2) is 23.5 Å². The van der Waals surface area contributed by atoms with E-state index in [1.54, 1.807) is 30.3 Å². The fourth-order valence-corrected chi connectivity index (χ4v) is 3.98. The van der Waals surface area contributed by atoms with Crippen LogP contribution >= 0.6 is 0 Å². The average molecular weight is 454 g/mol. The normalized spacial score (nSPS) is 13.0. The highest BCUT2D eigenvalue weighted by Gasteiger charge is 2.31. The maximum atomic E-state index is 13.1. The summed E-state index contributed by atoms with van der Waals surface area (Å²) in [5.74, 6) is -1.32. The van der Waals surface area contributed by atoms with Gasteiger partial charge in [0.2, 0.25) is 0 Å². The van der Waals surface area contributed by atoms with E-state index in [4.69, 9.17) is 5.11 Å². The number of halogens is 3. The Hall–Kier alpha value is -3.81. The van der Waals surface area contributed by atoms with Gasteiger partial charge in [-0.15, -0.1) is 0 Å². The van der Waals surface area contributed by atoms with Crippen LogP contribution in [0.1, 0.15) is 43.0 Å². The summed E-state index contributed by atoms with van der Waals surface area (Å²) in [6, 6.07) is 16.9. The number of nitrogens with zero attached hydrogens (tertiary/aromatic N) is 1. The largest absolute Gasteiger partial charge is 0.478 e. The van der Waals surface area contributed by atoms with Gasteiger partial charge in [-0.05, 0) is 53.4 Å². The Morgan fingerprint density at radius 3 is 2.39 bits per heavy atom. The molecule has 8 heteroatoms. The molecule has 1 aliphatic rings. The third-order valence-corrected chi connectivity index (χ3v) is 5.61. The number of amides is 1. The Kier molecular flexibility index (Phi) is 6.09. The number of nitrogens with one attached hydrogen (secondary N) is 1. The molecule has 0 fully saturated rings. The first-order chi connectivity index (χ1) is 15.7. The van der Waals surface area contributed by atoms with Crippen molar-refractivity contribution in [3.05, 3.63) is 100 Å². The van der Waals surface area contributed by atoms with Gasteiger partial charge in [0, 0.05) is 19.6 Å². The van der Waals surface area contributed by atoms with E-state index in [-0.39, 0.29) is 24.6 Å². The first-order valence-electron chi connectivity index (χ1n) is 10.4. The summed E-state index contributed by atoms with van der Waals surface area (Å²) in [6.07, 6.45) is -3.71. The van der Waals surface area contributed by atoms with Gasteiger partial charge in [-0.2, -0.15) is 13.2 Å². The van der Waals surface area contributed by atoms with Gasteiger partial charge in [-0.1, -0.05) is 36.4 Å². The number of carboxylic acids is 1. The Labute approximate surface area is 188 Å². The van der Waals surface area contributed by atoms with Crippen molar-refractivity contribution < 1.29 is 27.9 Å². The molecule has 0 saturated carbocycles. The number of carboxylic acid groups (broad SMARTS) is 1. The van der Waals surface area contributed by atoms with Crippen LogP contribution in [0.15, 0.2) is 66.7 Å². The van der Waals surface area contributed by atoms with E-state index in [1.165, 1.54) is 18.2 Å². The molecule has 4 rings (SSSR count). The summed E-state index contributed by atoms with van der Waals surface area (Å²) in [4.78, 5) is 25.9. The maximum Gasteiger partial charge on any atom is 0.416 e. The molecule has 0 bridgehead atoms. The van der Waals surface area contributed by atoms with Crippen molar-refractivity contribution in [1.29, 1.82) is 0 Å². The number of alkyl halides is 3. The number of hydrogen-bond acceptors (Lipinski definition) is 3. The lowest BCUT2D eigenvalue weighted by Crippen LogP contribution is -2.27. The first-order valence-corrected chi connectivity index (χ1v) is 10.4. The molecule has 170 valence electrons. The molecule has 33 heavy (non-hydrogen) atoms. The SMILES string of the molecule is O=C(O)c1ccc(CNC(=O)c2cccc3c2N(Cc2cccc(C(F)(F)F)c2)CC3)cc1. The molecule has 0 spiro atoms. The lowest BCUT2D eigenvalue weighted by molar-refractivity contribution is -0.137. The van der Waals surface area contributed by atoms with Gasteiger partial charge in [0.15, 0.2) is 0 Å². The standard InChI is InChI=1S/C25H21F3N2O3/c26-25(27,28)20-5-1-3-17(13-20)15-30-12-11-18-4-2-6-21(22(18)30)23(31)29-14-16-7-9-19(10-8-16)24(32)33/h1-10,13H,11-12,14-15H2,(H,29,31)(H,32,33). The van der Waals surface area contributed by atoms with Gasteiger partial charge in [0.1, 0.15) is 0 Å². The fraction of sp³-hybridized carbons (Fsp3) is 0.200. The Morgan fingerprint density at radius 1 is 0.970 bits per heavy atom. The minimum atomic E-state index is -4.41. The van der Waals surface area contributed by atoms with Crippen LogP contribution in [0.3, 0.4) is 0 Å². The van der Waals surface area contributed by atoms with E-state index in [0.717, 1.165) is 28.9 Å². The maximum absolute atomic E-state index is 13.1. The zero-order valence-corrected chi connectivity index (χ0v) is 17.5. The van der Waals surface area contributed by atoms with E-state index in [2.05, 4.69) is 5.32 Å². The number of rotatable bonds is 6. The minimum absolute atomic E-state index is 0.163. The van der Waals surface area contributed by atoms with E-state index in [1.807, 2.05) is 11.0 Å². The Morgan fingerprint density at radius 2 is 1.70 bits per heavy atom. The highest BCUT2D eigenvalue weighted by atomic mass is 19.4. The van der Waals surface area contributed by atoms with E-state index < -0.39 is 17.7 Å². The van der Waals surface area contributed by atoms with Gasteiger partial charge in [-0.3, -0.25) is 4.79 Å². The molecule has 0 aromatic heterocycles. The topological polar surface area (TPSA) is 69.6 Å². The van der Waals surface area contributed by atoms with Crippen molar-refractivity contribution in [2.45, 2.75) is 25.7 Å². The molecule has 1 aliphatic heterocycles. The number of anilines is 1. The summed E-state index contributed by atoms with van der Waals surface area (Å²) >= 11 is 0. The second-order valence-corrected chi connectivity index (χ2v) is 7.87. The predicted molar refractivity (Wildman–Crippen MR) is 117 cm³/mol. The highest BCUT2D eigenvalue weighted by Crippen LogP contribution is 2.34. The van der Waals surface area contributed by atoms with Crippen molar-refractivity contribution in [1.82, 2.24) is 5.32 Å². The molecule has 0 radical (unpaired) electrons. The quantitative estimate of drug-likeness (QED) is 0.556. The van der Waals surface area contributed by atoms with Gasteiger partial charge in [-0.25, -0.2) is 4.79 Å². The van der Waals surface area contributed by atoms with Crippen LogP contribution in [0.2, 0.25) is 0 Å². The smallest absolute Gasteiger partial charge is 0.416 e. The molecule has 0 aliphatic carbocycles. The third kappa shape index (κ3) is 5.00. The molecule has 5 nitrogen and oxygen atoms in total. The zero-order valence-electron chi connectivity index (χ0n) is 17.5. The molecular formula is C25H21F3N2O3. The lowest BCUT2D eigenvalue weighted by Gasteiger charge is -2.22. The van der Waals surface area contributed by atoms with Gasteiger partial charge in [0.25, 0.3) is 5.91 Å². The zero-order chi connectivity index (χ0) is 23.6. The van der Waals surface area contributed by atoms with Crippen LogP contribution < -0.4 is 10.2 Å². The van der Waals surface area contributed by atoms with E-state index in [9.17, 15) is 22.8 Å². The van der Waals surface area contributed by atoms with Crippen molar-refractivity contribution >= 4 is 17.6 Å². The van der Waals surface area contributed by atoms with Crippen LogP contribution in [0, 0.1) is 0 Å². The van der Waals surface area contributed by atoms with Crippen LogP contribution in [0.25, 0.3) is 0 Å². The molecule has 3 aromatic carbocycles. The van der Waals surface area contributed by atoms with Gasteiger partial charge < -0.3 is 15.3 Å². The second kappa shape index (κ2) is 8.97. The van der Waals surface area contributed by atoms with Crippen LogP contribution in [0.5, 0.6) is 0 Å². The van der Waals surface area contributed by atoms with Gasteiger partial charge >= 0.3 is 12.1 Å². The number of carbonyl (C=O) groups is 2. The Bertz CT molecular complexity index is 1190. The highest BCUT2D eigenvalue weighted by molar-refractivity contribution is 6.01. The molecule has 1 heterocycles. The summed E-state index contributed by atoms with van der Waals surface area (Å²) in [5.41, 5.74) is 2.90. The average Bonchev–Trinajstić information content (AvgIpc) is 3.20. The van der Waals surface area contributed by atoms with E-state index in [0.29, 0.717) is 24.1 Å². The number of para-hydroxylation sites is 1. The van der Waals surface area contributed by atoms with Crippen molar-refractivity contribution in [3.8, 4) is 0 Å². The number of hydrogen-bond donors (Lipinski definition) is 2. The molecule has 1 amide bonds. The van der Waals surface area contributed by atoms with Gasteiger partial charge in [0.05, 0.1) is 22.4 Å². The number of carbonyl (C=O) groups excluding carboxylic acids is 1. The van der Waals surface area contributed by atoms with Crippen molar-refractivity contribution in [2.24, 2.45) is 0 Å². The minimum Gasteiger partial charge on any atom is -0.478 e. The summed E-state index contributed by atoms with van der Waals surface area (Å²) in [6.45, 7) is 1.08. The second-order valence-electron chi connectivity index (χ2n) is 7.87. The molecule has 3 aromatic rings. The molecule has 0 unspecified atom stereocenters. The van der Waals surface area contributed by atoms with Crippen molar-refractivity contribution in [3.63, 3.8) is 0 Å². The molecular weight excluding hydrogens is 433 g/mol. The summed E-state index contributed by atoms with van der Waals surface area (Å²) in [5, 5.41) is 11.8. The summed E-state index contributed by atoms with van der Waals surface area (Å²) < 4.78 is 39.2. The fourth-order valence-electron chi connectivity index (χ4n) is 3.98. The number of aromatic carboxylic acids is 1. The van der Waals surface area contributed by atoms with E-state index >= 15 is 0 Å². The first kappa shape index (κ1) is 22.4. The lowest BCUT2D eigenvalue weighted by atomic mass is 10.1. The predicted octanol–water partition coefficient (Wildman–Crippen LogP) is 4.90. The summed E-state index contributed by atoms with van der Waals surface area (Å²) in [7, 11) is 0. The molecule has 0 atom stereocenters. The molecule has 0 saturated heterocycles. The monoisotopic (exact) mass is 454 g/mol. The number of fused-ring (bicyclic) bond motifs is 1. The number of benzene rings is 3. The molecule has 2 N–H and O–H groups in total. The third-order valence-electron chi connectivity index (χ3n) is 5.61. The Balaban J connectivity index is 1.51. The van der Waals surface area contributed by atoms with Crippen LogP contribution in [0.4, 0.5) is 18.9 Å². The van der Waals surface area contributed by atoms with Crippen LogP contribution in [-0.2, 0) is 25.7 Å². The van der Waals surface area contributed by atoms with Crippen molar-refractivity contribution in [2.75, 3.05) is 11.4 Å².